The molecule has 0 saturated carbocycles. The lowest BCUT2D eigenvalue weighted by Gasteiger charge is -2.06. The minimum absolute atomic E-state index is 0.0585. The predicted molar refractivity (Wildman–Crippen MR) is 105 cm³/mol. The molecule has 0 aliphatic rings. The first kappa shape index (κ1) is 18.1. The third kappa shape index (κ3) is 5.13. The fourth-order valence-electron chi connectivity index (χ4n) is 2.39. The van der Waals surface area contributed by atoms with E-state index in [4.69, 9.17) is 4.74 Å². The van der Waals surface area contributed by atoms with Gasteiger partial charge in [-0.3, -0.25) is 9.78 Å². The average molecular weight is 367 g/mol. The fraction of sp³-hybridized carbons (Fsp3) is 0.250. The zero-order valence-corrected chi connectivity index (χ0v) is 15.5. The van der Waals surface area contributed by atoms with E-state index in [1.807, 2.05) is 35.7 Å². The van der Waals surface area contributed by atoms with Crippen LogP contribution in [-0.2, 0) is 11.2 Å². The molecule has 0 saturated heterocycles. The van der Waals surface area contributed by atoms with Gasteiger partial charge in [0.05, 0.1) is 12.3 Å². The Morgan fingerprint density at radius 2 is 2.00 bits per heavy atom. The Labute approximate surface area is 157 Å². The normalized spacial score (nSPS) is 10.5. The van der Waals surface area contributed by atoms with Crippen molar-refractivity contribution in [2.75, 3.05) is 11.9 Å². The van der Waals surface area contributed by atoms with Crippen LogP contribution in [-0.4, -0.2) is 22.5 Å². The van der Waals surface area contributed by atoms with E-state index in [2.05, 4.69) is 34.3 Å². The van der Waals surface area contributed by atoms with E-state index in [0.29, 0.717) is 24.6 Å². The van der Waals surface area contributed by atoms with Crippen molar-refractivity contribution in [3.05, 3.63) is 59.6 Å². The molecule has 2 heterocycles. The molecule has 6 heteroatoms. The lowest BCUT2D eigenvalue weighted by Crippen LogP contribution is -2.12. The van der Waals surface area contributed by atoms with Crippen LogP contribution in [0.5, 0.6) is 5.75 Å². The number of aryl methyl sites for hydroxylation is 1. The highest BCUT2D eigenvalue weighted by atomic mass is 32.1. The number of rotatable bonds is 8. The summed E-state index contributed by atoms with van der Waals surface area (Å²) in [6.07, 6.45) is 3.79. The molecule has 134 valence electrons. The third-order valence-corrected chi connectivity index (χ3v) is 4.58. The molecule has 0 aliphatic carbocycles. The second kappa shape index (κ2) is 9.10. The molecule has 1 aromatic carbocycles. The number of ether oxygens (including phenoxy) is 1. The number of anilines is 1. The van der Waals surface area contributed by atoms with Crippen LogP contribution in [0.2, 0.25) is 0 Å². The lowest BCUT2D eigenvalue weighted by atomic mass is 10.2. The largest absolute Gasteiger partial charge is 0.494 e. The molecule has 0 aliphatic heterocycles. The zero-order valence-electron chi connectivity index (χ0n) is 14.6. The number of aromatic nitrogens is 2. The number of pyridine rings is 1. The Bertz CT molecular complexity index is 832. The molecule has 1 N–H and O–H groups in total. The molecule has 1 amide bonds. The summed E-state index contributed by atoms with van der Waals surface area (Å²) in [6, 6.07) is 13.7. The van der Waals surface area contributed by atoms with Crippen LogP contribution in [0.4, 0.5) is 5.13 Å². The molecule has 5 nitrogen and oxygen atoms in total. The van der Waals surface area contributed by atoms with E-state index in [1.54, 1.807) is 6.20 Å². The first-order valence-corrected chi connectivity index (χ1v) is 9.51. The molecule has 0 spiro atoms. The van der Waals surface area contributed by atoms with Crippen LogP contribution < -0.4 is 10.1 Å². The number of carbonyl (C=O) groups is 1. The van der Waals surface area contributed by atoms with E-state index < -0.39 is 0 Å². The summed E-state index contributed by atoms with van der Waals surface area (Å²) >= 11 is 1.40. The summed E-state index contributed by atoms with van der Waals surface area (Å²) in [4.78, 5) is 20.7. The number of hydrogen-bond donors (Lipinski definition) is 1. The van der Waals surface area contributed by atoms with Gasteiger partial charge in [-0.25, -0.2) is 4.98 Å². The van der Waals surface area contributed by atoms with Crippen molar-refractivity contribution in [3.8, 4) is 17.1 Å². The van der Waals surface area contributed by atoms with Crippen LogP contribution >= 0.6 is 11.3 Å². The van der Waals surface area contributed by atoms with Crippen LogP contribution in [0, 0.1) is 0 Å². The zero-order chi connectivity index (χ0) is 18.2. The standard InChI is InChI=1S/C20H21N3O2S/c1-2-15-8-10-16(11-9-15)25-13-5-7-19(24)23-20-22-18(14-26-20)17-6-3-4-12-21-17/h3-4,6,8-12,14H,2,5,7,13H2,1H3,(H,22,23,24). The Hall–Kier alpha value is -2.73. The van der Waals surface area contributed by atoms with Crippen LogP contribution in [0.3, 0.4) is 0 Å². The fourth-order valence-corrected chi connectivity index (χ4v) is 3.11. The number of hydrogen-bond acceptors (Lipinski definition) is 5. The van der Waals surface area contributed by atoms with Crippen LogP contribution in [0.15, 0.2) is 54.0 Å². The SMILES string of the molecule is CCc1ccc(OCCCC(=O)Nc2nc(-c3ccccn3)cs2)cc1. The van der Waals surface area contributed by atoms with Crippen LogP contribution in [0.25, 0.3) is 11.4 Å². The van der Waals surface area contributed by atoms with Gasteiger partial charge < -0.3 is 10.1 Å². The Kier molecular flexibility index (Phi) is 6.33. The second-order valence-corrected chi connectivity index (χ2v) is 6.61. The maximum atomic E-state index is 12.0. The molecule has 3 aromatic rings. The monoisotopic (exact) mass is 367 g/mol. The summed E-state index contributed by atoms with van der Waals surface area (Å²) in [7, 11) is 0. The Morgan fingerprint density at radius 1 is 1.15 bits per heavy atom. The number of carbonyl (C=O) groups excluding carboxylic acids is 1. The number of nitrogens with zero attached hydrogens (tertiary/aromatic N) is 2. The maximum Gasteiger partial charge on any atom is 0.226 e. The molecule has 0 fully saturated rings. The van der Waals surface area contributed by atoms with E-state index in [-0.39, 0.29) is 5.91 Å². The first-order chi connectivity index (χ1) is 12.7. The molecule has 0 atom stereocenters. The van der Waals surface area contributed by atoms with Gasteiger partial charge >= 0.3 is 0 Å². The van der Waals surface area contributed by atoms with Gasteiger partial charge in [-0.15, -0.1) is 11.3 Å². The van der Waals surface area contributed by atoms with Crippen molar-refractivity contribution in [1.29, 1.82) is 0 Å². The maximum absolute atomic E-state index is 12.0. The second-order valence-electron chi connectivity index (χ2n) is 5.75. The minimum Gasteiger partial charge on any atom is -0.494 e. The number of nitrogens with one attached hydrogen (secondary N) is 1. The van der Waals surface area contributed by atoms with Gasteiger partial charge in [0, 0.05) is 18.0 Å². The van der Waals surface area contributed by atoms with E-state index >= 15 is 0 Å². The van der Waals surface area contributed by atoms with Gasteiger partial charge in [0.25, 0.3) is 0 Å². The number of benzene rings is 1. The topological polar surface area (TPSA) is 64.1 Å². The third-order valence-electron chi connectivity index (χ3n) is 3.83. The number of amides is 1. The predicted octanol–water partition coefficient (Wildman–Crippen LogP) is 4.57. The Morgan fingerprint density at radius 3 is 2.73 bits per heavy atom. The summed E-state index contributed by atoms with van der Waals surface area (Å²) in [5, 5.41) is 5.31. The van der Waals surface area contributed by atoms with E-state index in [1.165, 1.54) is 16.9 Å². The van der Waals surface area contributed by atoms with Crippen molar-refractivity contribution in [1.82, 2.24) is 9.97 Å². The highest BCUT2D eigenvalue weighted by Crippen LogP contribution is 2.23. The summed E-state index contributed by atoms with van der Waals surface area (Å²) in [5.41, 5.74) is 2.85. The van der Waals surface area contributed by atoms with Gasteiger partial charge in [0.1, 0.15) is 11.4 Å². The van der Waals surface area contributed by atoms with Crippen molar-refractivity contribution in [2.24, 2.45) is 0 Å². The lowest BCUT2D eigenvalue weighted by molar-refractivity contribution is -0.116. The summed E-state index contributed by atoms with van der Waals surface area (Å²) in [5.74, 6) is 0.777. The van der Waals surface area contributed by atoms with Gasteiger partial charge in [-0.2, -0.15) is 0 Å². The van der Waals surface area contributed by atoms with E-state index in [0.717, 1.165) is 23.6 Å². The van der Waals surface area contributed by atoms with Gasteiger partial charge in [-0.05, 0) is 42.7 Å². The quantitative estimate of drug-likeness (QED) is 0.593. The molecular formula is C20H21N3O2S. The van der Waals surface area contributed by atoms with Gasteiger partial charge in [0.15, 0.2) is 5.13 Å². The van der Waals surface area contributed by atoms with Crippen molar-refractivity contribution in [3.63, 3.8) is 0 Å². The first-order valence-electron chi connectivity index (χ1n) is 8.63. The van der Waals surface area contributed by atoms with Crippen molar-refractivity contribution < 1.29 is 9.53 Å². The highest BCUT2D eigenvalue weighted by molar-refractivity contribution is 7.14. The molecule has 3 rings (SSSR count). The van der Waals surface area contributed by atoms with Crippen molar-refractivity contribution in [2.45, 2.75) is 26.2 Å². The van der Waals surface area contributed by atoms with Crippen LogP contribution in [0.1, 0.15) is 25.3 Å². The molecular weight excluding hydrogens is 346 g/mol. The molecule has 2 aromatic heterocycles. The summed E-state index contributed by atoms with van der Waals surface area (Å²) in [6.45, 7) is 2.63. The smallest absolute Gasteiger partial charge is 0.226 e. The number of thiazole rings is 1. The average Bonchev–Trinajstić information content (AvgIpc) is 3.15. The van der Waals surface area contributed by atoms with Gasteiger partial charge in [-0.1, -0.05) is 25.1 Å². The molecule has 26 heavy (non-hydrogen) atoms. The highest BCUT2D eigenvalue weighted by Gasteiger charge is 2.08. The van der Waals surface area contributed by atoms with Crippen molar-refractivity contribution >= 4 is 22.4 Å². The molecule has 0 bridgehead atoms. The molecule has 0 unspecified atom stereocenters. The molecule has 0 radical (unpaired) electrons. The Balaban J connectivity index is 1.41. The van der Waals surface area contributed by atoms with E-state index in [9.17, 15) is 4.79 Å². The minimum atomic E-state index is -0.0585. The van der Waals surface area contributed by atoms with Gasteiger partial charge in [0.2, 0.25) is 5.91 Å². The summed E-state index contributed by atoms with van der Waals surface area (Å²) < 4.78 is 5.67.